The lowest BCUT2D eigenvalue weighted by atomic mass is 10.1. The van der Waals surface area contributed by atoms with E-state index in [-0.39, 0.29) is 11.7 Å². The number of nitriles is 1. The van der Waals surface area contributed by atoms with E-state index in [9.17, 15) is 9.18 Å². The van der Waals surface area contributed by atoms with Crippen LogP contribution in [0.3, 0.4) is 0 Å². The molecule has 8 heteroatoms. The summed E-state index contributed by atoms with van der Waals surface area (Å²) in [5.74, 6) is 1.03. The molecule has 2 aromatic carbocycles. The maximum atomic E-state index is 13.1. The molecule has 1 amide bonds. The van der Waals surface area contributed by atoms with Gasteiger partial charge >= 0.3 is 0 Å². The summed E-state index contributed by atoms with van der Waals surface area (Å²) in [6.45, 7) is 2.12. The molecule has 1 aromatic heterocycles. The number of carbonyl (C=O) groups is 1. The van der Waals surface area contributed by atoms with E-state index in [0.717, 1.165) is 36.4 Å². The lowest BCUT2D eigenvalue weighted by Gasteiger charge is -2.10. The molecule has 1 aliphatic heterocycles. The lowest BCUT2D eigenvalue weighted by molar-refractivity contribution is 0.0951. The summed E-state index contributed by atoms with van der Waals surface area (Å²) in [5.41, 5.74) is 0.811. The Hall–Kier alpha value is -3.44. The number of halogens is 1. The molecule has 158 valence electrons. The summed E-state index contributed by atoms with van der Waals surface area (Å²) in [7, 11) is 0. The van der Waals surface area contributed by atoms with Crippen molar-refractivity contribution in [2.45, 2.75) is 12.8 Å². The van der Waals surface area contributed by atoms with Gasteiger partial charge in [0.1, 0.15) is 17.3 Å². The van der Waals surface area contributed by atoms with Crippen molar-refractivity contribution in [2.75, 3.05) is 19.6 Å². The molecule has 0 bridgehead atoms. The number of hydrogen-bond donors (Lipinski definition) is 1. The summed E-state index contributed by atoms with van der Waals surface area (Å²) in [6.07, 6.45) is 5.66. The van der Waals surface area contributed by atoms with E-state index in [1.807, 2.05) is 24.3 Å². The first-order valence-electron chi connectivity index (χ1n) is 10.0. The molecule has 4 rings (SSSR count). The van der Waals surface area contributed by atoms with Crippen LogP contribution in [-0.2, 0) is 0 Å². The minimum atomic E-state index is -0.325. The SMILES string of the molecule is N#CN1CCC(CCNC(=O)c2ncc(-c3ccccc3Oc3ccc(F)cc3)s2)C1. The second-order valence-corrected chi connectivity index (χ2v) is 8.36. The Bertz CT molecular complexity index is 1090. The van der Waals surface area contributed by atoms with Crippen LogP contribution in [-0.4, -0.2) is 35.4 Å². The highest BCUT2D eigenvalue weighted by atomic mass is 32.1. The molecule has 1 N–H and O–H groups in total. The Morgan fingerprint density at radius 3 is 2.87 bits per heavy atom. The fourth-order valence-corrected chi connectivity index (χ4v) is 4.38. The van der Waals surface area contributed by atoms with Crippen LogP contribution in [0.1, 0.15) is 22.6 Å². The smallest absolute Gasteiger partial charge is 0.280 e. The van der Waals surface area contributed by atoms with Gasteiger partial charge in [-0.1, -0.05) is 12.1 Å². The van der Waals surface area contributed by atoms with Crippen LogP contribution in [0.25, 0.3) is 10.4 Å². The number of nitrogens with zero attached hydrogens (tertiary/aromatic N) is 3. The second-order valence-electron chi connectivity index (χ2n) is 7.33. The molecular formula is C23H21FN4O2S. The van der Waals surface area contributed by atoms with E-state index < -0.39 is 0 Å². The first-order chi connectivity index (χ1) is 15.1. The Morgan fingerprint density at radius 2 is 2.10 bits per heavy atom. The highest BCUT2D eigenvalue weighted by Gasteiger charge is 2.21. The van der Waals surface area contributed by atoms with Crippen molar-refractivity contribution in [1.82, 2.24) is 15.2 Å². The van der Waals surface area contributed by atoms with Crippen LogP contribution in [0.2, 0.25) is 0 Å². The number of thiazole rings is 1. The van der Waals surface area contributed by atoms with Gasteiger partial charge in [0.2, 0.25) is 0 Å². The Kier molecular flexibility index (Phi) is 6.43. The Morgan fingerprint density at radius 1 is 1.29 bits per heavy atom. The van der Waals surface area contributed by atoms with Gasteiger partial charge in [0, 0.05) is 31.4 Å². The molecule has 31 heavy (non-hydrogen) atoms. The van der Waals surface area contributed by atoms with E-state index >= 15 is 0 Å². The number of likely N-dealkylation sites (tertiary alicyclic amines) is 1. The Balaban J connectivity index is 1.39. The van der Waals surface area contributed by atoms with Crippen LogP contribution in [0.5, 0.6) is 11.5 Å². The van der Waals surface area contributed by atoms with Crippen molar-refractivity contribution in [1.29, 1.82) is 5.26 Å². The molecule has 0 spiro atoms. The molecule has 1 fully saturated rings. The summed E-state index contributed by atoms with van der Waals surface area (Å²) < 4.78 is 19.1. The van der Waals surface area contributed by atoms with E-state index in [1.165, 1.54) is 23.5 Å². The lowest BCUT2D eigenvalue weighted by Crippen LogP contribution is -2.26. The molecule has 0 aliphatic carbocycles. The zero-order valence-electron chi connectivity index (χ0n) is 16.8. The normalized spacial score (nSPS) is 15.5. The summed E-state index contributed by atoms with van der Waals surface area (Å²) in [6, 6.07) is 13.3. The van der Waals surface area contributed by atoms with Gasteiger partial charge in [-0.05, 0) is 55.2 Å². The van der Waals surface area contributed by atoms with Gasteiger partial charge in [-0.15, -0.1) is 11.3 Å². The number of amides is 1. The third kappa shape index (κ3) is 5.19. The number of ether oxygens (including phenoxy) is 1. The summed E-state index contributed by atoms with van der Waals surface area (Å²) >= 11 is 1.29. The standard InChI is InChI=1S/C23H21FN4O2S/c24-17-5-7-18(8-6-17)30-20-4-2-1-3-19(20)21-13-27-23(31-21)22(29)26-11-9-16-10-12-28(14-16)15-25/h1-8,13,16H,9-12,14H2,(H,26,29). The minimum absolute atomic E-state index is 0.205. The maximum Gasteiger partial charge on any atom is 0.280 e. The summed E-state index contributed by atoms with van der Waals surface area (Å²) in [4.78, 5) is 19.3. The van der Waals surface area contributed by atoms with Gasteiger partial charge in [-0.25, -0.2) is 9.37 Å². The molecule has 1 saturated heterocycles. The molecule has 1 unspecified atom stereocenters. The van der Waals surface area contributed by atoms with Crippen LogP contribution in [0.15, 0.2) is 54.7 Å². The molecule has 2 heterocycles. The van der Waals surface area contributed by atoms with Crippen molar-refractivity contribution >= 4 is 17.2 Å². The second kappa shape index (κ2) is 9.58. The number of hydrogen-bond acceptors (Lipinski definition) is 6. The first-order valence-corrected chi connectivity index (χ1v) is 10.9. The molecule has 1 aliphatic rings. The molecule has 0 radical (unpaired) electrons. The quantitative estimate of drug-likeness (QED) is 0.545. The van der Waals surface area contributed by atoms with Crippen LogP contribution in [0, 0.1) is 23.2 Å². The molecule has 6 nitrogen and oxygen atoms in total. The van der Waals surface area contributed by atoms with Crippen molar-refractivity contribution in [2.24, 2.45) is 5.92 Å². The van der Waals surface area contributed by atoms with Crippen molar-refractivity contribution in [3.8, 4) is 28.1 Å². The molecular weight excluding hydrogens is 415 g/mol. The zero-order valence-corrected chi connectivity index (χ0v) is 17.6. The fraction of sp³-hybridized carbons (Fsp3) is 0.261. The number of carbonyl (C=O) groups excluding carboxylic acids is 1. The topological polar surface area (TPSA) is 78.3 Å². The van der Waals surface area contributed by atoms with Crippen molar-refractivity contribution < 1.29 is 13.9 Å². The predicted molar refractivity (Wildman–Crippen MR) is 116 cm³/mol. The van der Waals surface area contributed by atoms with Crippen LogP contribution in [0.4, 0.5) is 4.39 Å². The van der Waals surface area contributed by atoms with E-state index in [4.69, 9.17) is 10.00 Å². The zero-order chi connectivity index (χ0) is 21.6. The highest BCUT2D eigenvalue weighted by molar-refractivity contribution is 7.17. The monoisotopic (exact) mass is 436 g/mol. The van der Waals surface area contributed by atoms with Gasteiger partial charge in [0.25, 0.3) is 5.91 Å². The van der Waals surface area contributed by atoms with Crippen LogP contribution < -0.4 is 10.1 Å². The minimum Gasteiger partial charge on any atom is -0.457 e. The van der Waals surface area contributed by atoms with Gasteiger partial charge in [0.15, 0.2) is 11.2 Å². The van der Waals surface area contributed by atoms with Gasteiger partial charge in [0.05, 0.1) is 4.88 Å². The van der Waals surface area contributed by atoms with Gasteiger partial charge in [-0.2, -0.15) is 5.26 Å². The van der Waals surface area contributed by atoms with Crippen molar-refractivity contribution in [3.63, 3.8) is 0 Å². The molecule has 0 saturated carbocycles. The molecule has 1 atom stereocenters. The first kappa shape index (κ1) is 20.8. The van der Waals surface area contributed by atoms with Gasteiger partial charge < -0.3 is 15.0 Å². The third-order valence-electron chi connectivity index (χ3n) is 5.16. The third-order valence-corrected chi connectivity index (χ3v) is 6.19. The average Bonchev–Trinajstić information content (AvgIpc) is 3.45. The maximum absolute atomic E-state index is 13.1. The predicted octanol–water partition coefficient (Wildman–Crippen LogP) is 4.66. The number of nitrogens with one attached hydrogen (secondary N) is 1. The van der Waals surface area contributed by atoms with E-state index in [0.29, 0.717) is 29.0 Å². The number of para-hydroxylation sites is 1. The largest absolute Gasteiger partial charge is 0.457 e. The highest BCUT2D eigenvalue weighted by Crippen LogP contribution is 2.36. The van der Waals surface area contributed by atoms with Crippen LogP contribution >= 0.6 is 11.3 Å². The number of benzene rings is 2. The fourth-order valence-electron chi connectivity index (χ4n) is 3.52. The number of aromatic nitrogens is 1. The average molecular weight is 437 g/mol. The number of rotatable bonds is 7. The summed E-state index contributed by atoms with van der Waals surface area (Å²) in [5, 5.41) is 12.2. The molecule has 3 aromatic rings. The van der Waals surface area contributed by atoms with E-state index in [2.05, 4.69) is 16.5 Å². The van der Waals surface area contributed by atoms with Gasteiger partial charge in [-0.3, -0.25) is 4.79 Å². The van der Waals surface area contributed by atoms with Crippen molar-refractivity contribution in [3.05, 3.63) is 65.6 Å². The van der Waals surface area contributed by atoms with E-state index in [1.54, 1.807) is 23.2 Å². The Labute approximate surface area is 183 Å².